The third-order valence-corrected chi connectivity index (χ3v) is 3.22. The predicted molar refractivity (Wildman–Crippen MR) is 81.2 cm³/mol. The summed E-state index contributed by atoms with van der Waals surface area (Å²) < 4.78 is 5.01. The van der Waals surface area contributed by atoms with E-state index in [1.807, 2.05) is 13.8 Å². The summed E-state index contributed by atoms with van der Waals surface area (Å²) in [5.41, 5.74) is 1.34. The first-order valence-electron chi connectivity index (χ1n) is 6.86. The van der Waals surface area contributed by atoms with Crippen LogP contribution >= 0.6 is 0 Å². The molecule has 0 saturated heterocycles. The Morgan fingerprint density at radius 1 is 1.10 bits per heavy atom. The van der Waals surface area contributed by atoms with Gasteiger partial charge in [-0.1, -0.05) is 13.8 Å². The molecule has 21 heavy (non-hydrogen) atoms. The van der Waals surface area contributed by atoms with Crippen LogP contribution in [0, 0.1) is 5.92 Å². The molecule has 1 aromatic carbocycles. The van der Waals surface area contributed by atoms with E-state index in [9.17, 15) is 9.59 Å². The second-order valence-corrected chi connectivity index (χ2v) is 4.81. The molecule has 1 aromatic heterocycles. The standard InChI is InChI=1S/C16H18N2O3/c1-3-11(2)15(19)17-12-6-8-13(9-7-12)18-16(20)14-5-4-10-21-14/h4-11H,3H2,1-2H3,(H,17,19)(H,18,20). The van der Waals surface area contributed by atoms with Crippen molar-refractivity contribution in [3.05, 3.63) is 48.4 Å². The first-order chi connectivity index (χ1) is 10.1. The van der Waals surface area contributed by atoms with Crippen LogP contribution < -0.4 is 10.6 Å². The van der Waals surface area contributed by atoms with Crippen molar-refractivity contribution in [3.8, 4) is 0 Å². The zero-order valence-electron chi connectivity index (χ0n) is 12.1. The fourth-order valence-electron chi connectivity index (χ4n) is 1.69. The molecule has 2 amide bonds. The van der Waals surface area contributed by atoms with Gasteiger partial charge in [-0.05, 0) is 42.8 Å². The highest BCUT2D eigenvalue weighted by Crippen LogP contribution is 2.16. The van der Waals surface area contributed by atoms with E-state index in [0.717, 1.165) is 6.42 Å². The maximum Gasteiger partial charge on any atom is 0.291 e. The fourth-order valence-corrected chi connectivity index (χ4v) is 1.69. The Kier molecular flexibility index (Phi) is 4.77. The summed E-state index contributed by atoms with van der Waals surface area (Å²) in [5.74, 6) is -0.0891. The zero-order valence-corrected chi connectivity index (χ0v) is 12.1. The third kappa shape index (κ3) is 3.95. The molecule has 2 rings (SSSR count). The molecule has 2 N–H and O–H groups in total. The molecule has 1 atom stereocenters. The lowest BCUT2D eigenvalue weighted by Crippen LogP contribution is -2.19. The maximum atomic E-state index is 11.8. The monoisotopic (exact) mass is 286 g/mol. The quantitative estimate of drug-likeness (QED) is 0.883. The van der Waals surface area contributed by atoms with E-state index in [1.165, 1.54) is 6.26 Å². The largest absolute Gasteiger partial charge is 0.459 e. The van der Waals surface area contributed by atoms with Crippen molar-refractivity contribution < 1.29 is 14.0 Å². The Morgan fingerprint density at radius 2 is 1.71 bits per heavy atom. The Balaban J connectivity index is 1.96. The van der Waals surface area contributed by atoms with Crippen LogP contribution in [-0.2, 0) is 4.79 Å². The van der Waals surface area contributed by atoms with Crippen molar-refractivity contribution in [1.29, 1.82) is 0 Å². The van der Waals surface area contributed by atoms with E-state index in [0.29, 0.717) is 11.4 Å². The molecule has 0 fully saturated rings. The lowest BCUT2D eigenvalue weighted by atomic mass is 10.1. The molecule has 1 unspecified atom stereocenters. The summed E-state index contributed by atoms with van der Waals surface area (Å²) in [6, 6.07) is 10.2. The first kappa shape index (κ1) is 14.8. The van der Waals surface area contributed by atoms with Crippen LogP contribution in [0.4, 0.5) is 11.4 Å². The van der Waals surface area contributed by atoms with Crippen molar-refractivity contribution in [2.75, 3.05) is 10.6 Å². The molecular weight excluding hydrogens is 268 g/mol. The molecule has 0 aliphatic heterocycles. The average molecular weight is 286 g/mol. The molecule has 0 aliphatic carbocycles. The van der Waals surface area contributed by atoms with Crippen LogP contribution in [0.2, 0.25) is 0 Å². The maximum absolute atomic E-state index is 11.8. The molecule has 0 saturated carbocycles. The topological polar surface area (TPSA) is 71.3 Å². The van der Waals surface area contributed by atoms with Gasteiger partial charge in [-0.25, -0.2) is 0 Å². The first-order valence-corrected chi connectivity index (χ1v) is 6.86. The van der Waals surface area contributed by atoms with Gasteiger partial charge in [0.2, 0.25) is 5.91 Å². The van der Waals surface area contributed by atoms with Gasteiger partial charge in [0.25, 0.3) is 5.91 Å². The van der Waals surface area contributed by atoms with Crippen molar-refractivity contribution in [3.63, 3.8) is 0 Å². The van der Waals surface area contributed by atoms with Gasteiger partial charge in [0.15, 0.2) is 5.76 Å². The highest BCUT2D eigenvalue weighted by molar-refractivity contribution is 6.02. The highest BCUT2D eigenvalue weighted by atomic mass is 16.3. The average Bonchev–Trinajstić information content (AvgIpc) is 3.02. The van der Waals surface area contributed by atoms with Gasteiger partial charge in [-0.15, -0.1) is 0 Å². The van der Waals surface area contributed by atoms with Gasteiger partial charge in [-0.2, -0.15) is 0 Å². The van der Waals surface area contributed by atoms with Crippen LogP contribution in [0.25, 0.3) is 0 Å². The van der Waals surface area contributed by atoms with Crippen LogP contribution in [0.1, 0.15) is 30.8 Å². The van der Waals surface area contributed by atoms with Gasteiger partial charge in [0, 0.05) is 17.3 Å². The molecule has 5 nitrogen and oxygen atoms in total. The summed E-state index contributed by atoms with van der Waals surface area (Å²) >= 11 is 0. The molecule has 1 heterocycles. The van der Waals surface area contributed by atoms with Gasteiger partial charge in [0.05, 0.1) is 6.26 Å². The summed E-state index contributed by atoms with van der Waals surface area (Å²) in [4.78, 5) is 23.6. The van der Waals surface area contributed by atoms with Gasteiger partial charge < -0.3 is 15.1 Å². The van der Waals surface area contributed by atoms with Crippen molar-refractivity contribution in [1.82, 2.24) is 0 Å². The van der Waals surface area contributed by atoms with E-state index in [2.05, 4.69) is 10.6 Å². The minimum Gasteiger partial charge on any atom is -0.459 e. The number of hydrogen-bond acceptors (Lipinski definition) is 3. The van der Waals surface area contributed by atoms with E-state index >= 15 is 0 Å². The third-order valence-electron chi connectivity index (χ3n) is 3.22. The molecule has 0 aliphatic rings. The molecule has 0 bridgehead atoms. The van der Waals surface area contributed by atoms with Gasteiger partial charge in [-0.3, -0.25) is 9.59 Å². The summed E-state index contributed by atoms with van der Waals surface area (Å²) in [5, 5.41) is 5.54. The minimum atomic E-state index is -0.309. The SMILES string of the molecule is CCC(C)C(=O)Nc1ccc(NC(=O)c2ccco2)cc1. The van der Waals surface area contributed by atoms with Crippen LogP contribution in [0.5, 0.6) is 0 Å². The minimum absolute atomic E-state index is 0.00938. The van der Waals surface area contributed by atoms with Crippen molar-refractivity contribution >= 4 is 23.2 Å². The predicted octanol–water partition coefficient (Wildman–Crippen LogP) is 3.52. The van der Waals surface area contributed by atoms with Crippen LogP contribution in [-0.4, -0.2) is 11.8 Å². The normalized spacial score (nSPS) is 11.7. The molecule has 0 radical (unpaired) electrons. The molecule has 0 spiro atoms. The number of furan rings is 1. The van der Waals surface area contributed by atoms with Crippen LogP contribution in [0.15, 0.2) is 47.1 Å². The molecule has 2 aromatic rings. The summed E-state index contributed by atoms with van der Waals surface area (Å²) in [6.07, 6.45) is 2.24. The number of benzene rings is 1. The fraction of sp³-hybridized carbons (Fsp3) is 0.250. The smallest absolute Gasteiger partial charge is 0.291 e. The van der Waals surface area contributed by atoms with E-state index < -0.39 is 0 Å². The second-order valence-electron chi connectivity index (χ2n) is 4.81. The lowest BCUT2D eigenvalue weighted by molar-refractivity contribution is -0.119. The van der Waals surface area contributed by atoms with Gasteiger partial charge in [0.1, 0.15) is 0 Å². The number of carbonyl (C=O) groups excluding carboxylic acids is 2. The Bertz CT molecular complexity index is 603. The number of amides is 2. The number of carbonyl (C=O) groups is 2. The Labute approximate surface area is 123 Å². The number of nitrogens with one attached hydrogen (secondary N) is 2. The highest BCUT2D eigenvalue weighted by Gasteiger charge is 2.11. The Morgan fingerprint density at radius 3 is 2.24 bits per heavy atom. The Hall–Kier alpha value is -2.56. The lowest BCUT2D eigenvalue weighted by Gasteiger charge is -2.10. The molecular formula is C16H18N2O3. The number of anilines is 2. The molecule has 5 heteroatoms. The van der Waals surface area contributed by atoms with E-state index in [-0.39, 0.29) is 23.5 Å². The molecule has 110 valence electrons. The van der Waals surface area contributed by atoms with E-state index in [4.69, 9.17) is 4.42 Å². The van der Waals surface area contributed by atoms with Crippen molar-refractivity contribution in [2.24, 2.45) is 5.92 Å². The second kappa shape index (κ2) is 6.74. The van der Waals surface area contributed by atoms with Crippen LogP contribution in [0.3, 0.4) is 0 Å². The van der Waals surface area contributed by atoms with E-state index in [1.54, 1.807) is 36.4 Å². The number of hydrogen-bond donors (Lipinski definition) is 2. The summed E-state index contributed by atoms with van der Waals surface area (Å²) in [6.45, 7) is 3.85. The number of rotatable bonds is 5. The summed E-state index contributed by atoms with van der Waals surface area (Å²) in [7, 11) is 0. The van der Waals surface area contributed by atoms with Gasteiger partial charge >= 0.3 is 0 Å². The zero-order chi connectivity index (χ0) is 15.2. The van der Waals surface area contributed by atoms with Crippen molar-refractivity contribution in [2.45, 2.75) is 20.3 Å².